The summed E-state index contributed by atoms with van der Waals surface area (Å²) in [5.74, 6) is 0.560. The highest BCUT2D eigenvalue weighted by Gasteiger charge is 2.27. The molecule has 0 atom stereocenters. The predicted molar refractivity (Wildman–Crippen MR) is 141 cm³/mol. The molecule has 0 aliphatic carbocycles. The van der Waals surface area contributed by atoms with Crippen LogP contribution in [0, 0.1) is 5.41 Å². The van der Waals surface area contributed by atoms with Gasteiger partial charge in [0.2, 0.25) is 0 Å². The molecule has 0 bridgehead atoms. The number of imidazole rings is 1. The summed E-state index contributed by atoms with van der Waals surface area (Å²) >= 11 is 0. The van der Waals surface area contributed by atoms with E-state index in [1.807, 2.05) is 57.2 Å². The first-order valence-electron chi connectivity index (χ1n) is 12.0. The van der Waals surface area contributed by atoms with Crippen LogP contribution in [0.2, 0.25) is 0 Å². The van der Waals surface area contributed by atoms with Crippen LogP contribution in [0.5, 0.6) is 0 Å². The lowest BCUT2D eigenvalue weighted by molar-refractivity contribution is -0.126. The van der Waals surface area contributed by atoms with E-state index in [4.69, 9.17) is 4.98 Å². The van der Waals surface area contributed by atoms with Gasteiger partial charge in [-0.25, -0.2) is 9.78 Å². The predicted octanol–water partition coefficient (Wildman–Crippen LogP) is 3.25. The smallest absolute Gasteiger partial charge is 0.313 e. The zero-order chi connectivity index (χ0) is 26.0. The summed E-state index contributed by atoms with van der Waals surface area (Å²) < 4.78 is 4.14. The Balaban J connectivity index is 1.83. The van der Waals surface area contributed by atoms with Crippen molar-refractivity contribution in [3.63, 3.8) is 0 Å². The monoisotopic (exact) mass is 487 g/mol. The van der Waals surface area contributed by atoms with Gasteiger partial charge in [-0.1, -0.05) is 81.4 Å². The molecule has 2 aromatic heterocycles. The summed E-state index contributed by atoms with van der Waals surface area (Å²) in [5.41, 5.74) is 1.36. The zero-order valence-electron chi connectivity index (χ0n) is 21.6. The minimum atomic E-state index is -0.590. The van der Waals surface area contributed by atoms with E-state index in [1.165, 1.54) is 11.6 Å². The van der Waals surface area contributed by atoms with Crippen molar-refractivity contribution in [1.82, 2.24) is 23.6 Å². The number of nitrogens with zero attached hydrogens (tertiary/aromatic N) is 5. The van der Waals surface area contributed by atoms with E-state index in [2.05, 4.69) is 29.2 Å². The fraction of sp³-hybridized carbons (Fsp3) is 0.357. The van der Waals surface area contributed by atoms with Gasteiger partial charge in [-0.2, -0.15) is 0 Å². The number of rotatable bonds is 8. The van der Waals surface area contributed by atoms with Gasteiger partial charge in [-0.15, -0.1) is 0 Å². The topological polar surface area (TPSA) is 82.1 Å². The molecule has 0 spiro atoms. The normalized spacial score (nSPS) is 11.9. The van der Waals surface area contributed by atoms with Crippen LogP contribution in [0.25, 0.3) is 11.2 Å². The molecular formula is C28H33N5O3. The Morgan fingerprint density at radius 3 is 1.86 bits per heavy atom. The van der Waals surface area contributed by atoms with Crippen molar-refractivity contribution in [3.05, 3.63) is 98.5 Å². The van der Waals surface area contributed by atoms with Crippen LogP contribution in [0.3, 0.4) is 0 Å². The van der Waals surface area contributed by atoms with Crippen molar-refractivity contribution >= 4 is 16.9 Å². The number of benzene rings is 2. The first-order chi connectivity index (χ1) is 17.1. The summed E-state index contributed by atoms with van der Waals surface area (Å²) in [6, 6.07) is 20.3. The maximum atomic E-state index is 13.2. The number of carbonyl (C=O) groups excluding carboxylic acids is 1. The summed E-state index contributed by atoms with van der Waals surface area (Å²) in [5, 5.41) is 0. The first kappa shape index (κ1) is 25.3. The van der Waals surface area contributed by atoms with Crippen LogP contribution in [-0.2, 0) is 45.1 Å². The Bertz CT molecular complexity index is 1450. The Kier molecular flexibility index (Phi) is 7.08. The standard InChI is InChI=1S/C28H33N5O3/c1-28(2,3)22(34)18-33-23(29-25-24(33)26(35)31(5)27(36)30(25)4)19-32(16-20-12-8-6-9-13-20)17-21-14-10-7-11-15-21/h6-15H,16-19H2,1-5H3. The number of carbonyl (C=O) groups is 1. The van der Waals surface area contributed by atoms with Crippen LogP contribution < -0.4 is 11.2 Å². The highest BCUT2D eigenvalue weighted by molar-refractivity contribution is 5.85. The largest absolute Gasteiger partial charge is 0.332 e. The Morgan fingerprint density at radius 2 is 1.36 bits per heavy atom. The number of hydrogen-bond acceptors (Lipinski definition) is 5. The number of aromatic nitrogens is 4. The third-order valence-electron chi connectivity index (χ3n) is 6.43. The lowest BCUT2D eigenvalue weighted by Gasteiger charge is -2.24. The molecule has 0 N–H and O–H groups in total. The Labute approximate surface area is 210 Å². The van der Waals surface area contributed by atoms with E-state index in [9.17, 15) is 14.4 Å². The van der Waals surface area contributed by atoms with Crippen LogP contribution in [0.4, 0.5) is 0 Å². The van der Waals surface area contributed by atoms with E-state index in [0.717, 1.165) is 15.7 Å². The van der Waals surface area contributed by atoms with E-state index in [1.54, 1.807) is 11.6 Å². The molecule has 0 aliphatic heterocycles. The Hall–Kier alpha value is -3.78. The second kappa shape index (κ2) is 10.1. The third kappa shape index (κ3) is 5.23. The van der Waals surface area contributed by atoms with Crippen LogP contribution in [-0.4, -0.2) is 29.4 Å². The molecule has 4 rings (SSSR count). The second-order valence-electron chi connectivity index (χ2n) is 10.3. The van der Waals surface area contributed by atoms with Gasteiger partial charge in [0.1, 0.15) is 5.82 Å². The molecule has 0 fully saturated rings. The highest BCUT2D eigenvalue weighted by atomic mass is 16.2. The summed E-state index contributed by atoms with van der Waals surface area (Å²) in [4.78, 5) is 45.9. The fourth-order valence-corrected chi connectivity index (χ4v) is 4.21. The molecule has 8 nitrogen and oxygen atoms in total. The number of hydrogen-bond donors (Lipinski definition) is 0. The SMILES string of the molecule is Cn1c(=O)c2c(nc(CN(Cc3ccccc3)Cc3ccccc3)n2CC(=O)C(C)(C)C)n(C)c1=O. The minimum Gasteiger partial charge on any atom is -0.313 e. The van der Waals surface area contributed by atoms with Crippen molar-refractivity contribution in [3.8, 4) is 0 Å². The number of ketones is 1. The van der Waals surface area contributed by atoms with Gasteiger partial charge in [-0.3, -0.25) is 23.6 Å². The molecule has 0 aliphatic rings. The van der Waals surface area contributed by atoms with Crippen molar-refractivity contribution in [2.24, 2.45) is 19.5 Å². The van der Waals surface area contributed by atoms with Crippen molar-refractivity contribution in [1.29, 1.82) is 0 Å². The van der Waals surface area contributed by atoms with E-state index in [0.29, 0.717) is 31.1 Å². The van der Waals surface area contributed by atoms with E-state index in [-0.39, 0.29) is 17.8 Å². The van der Waals surface area contributed by atoms with Gasteiger partial charge < -0.3 is 4.57 Å². The summed E-state index contributed by atoms with van der Waals surface area (Å²) in [6.07, 6.45) is 0. The highest BCUT2D eigenvalue weighted by Crippen LogP contribution is 2.21. The van der Waals surface area contributed by atoms with Crippen molar-refractivity contribution < 1.29 is 4.79 Å². The first-order valence-corrected chi connectivity index (χ1v) is 12.0. The van der Waals surface area contributed by atoms with Gasteiger partial charge in [0.05, 0.1) is 13.1 Å². The molecule has 0 saturated heterocycles. The van der Waals surface area contributed by atoms with Gasteiger partial charge in [-0.05, 0) is 11.1 Å². The van der Waals surface area contributed by atoms with E-state index >= 15 is 0 Å². The average molecular weight is 488 g/mol. The maximum absolute atomic E-state index is 13.2. The fourth-order valence-electron chi connectivity index (χ4n) is 4.21. The number of fused-ring (bicyclic) bond motifs is 1. The maximum Gasteiger partial charge on any atom is 0.332 e. The third-order valence-corrected chi connectivity index (χ3v) is 6.43. The minimum absolute atomic E-state index is 0.00723. The van der Waals surface area contributed by atoms with Crippen molar-refractivity contribution in [2.75, 3.05) is 0 Å². The molecule has 4 aromatic rings. The van der Waals surface area contributed by atoms with Gasteiger partial charge in [0.15, 0.2) is 16.9 Å². The molecular weight excluding hydrogens is 454 g/mol. The average Bonchev–Trinajstić information content (AvgIpc) is 3.20. The number of Topliss-reactive ketones (excluding diaryl/α,β-unsaturated/α-hetero) is 1. The quantitative estimate of drug-likeness (QED) is 0.381. The molecule has 0 saturated carbocycles. The lowest BCUT2D eigenvalue weighted by atomic mass is 9.91. The molecule has 0 radical (unpaired) electrons. The molecule has 36 heavy (non-hydrogen) atoms. The molecule has 2 heterocycles. The van der Waals surface area contributed by atoms with Gasteiger partial charge in [0, 0.05) is 32.6 Å². The molecule has 0 amide bonds. The Morgan fingerprint density at radius 1 is 0.833 bits per heavy atom. The molecule has 0 unspecified atom stereocenters. The van der Waals surface area contributed by atoms with Crippen LogP contribution >= 0.6 is 0 Å². The zero-order valence-corrected chi connectivity index (χ0v) is 21.6. The van der Waals surface area contributed by atoms with Crippen LogP contribution in [0.15, 0.2) is 70.3 Å². The summed E-state index contributed by atoms with van der Waals surface area (Å²) in [6.45, 7) is 7.30. The molecule has 2 aromatic carbocycles. The van der Waals surface area contributed by atoms with Crippen molar-refractivity contribution in [2.45, 2.75) is 47.0 Å². The summed E-state index contributed by atoms with van der Waals surface area (Å²) in [7, 11) is 3.05. The lowest BCUT2D eigenvalue weighted by Crippen LogP contribution is -2.38. The van der Waals surface area contributed by atoms with Gasteiger partial charge >= 0.3 is 5.69 Å². The van der Waals surface area contributed by atoms with Gasteiger partial charge in [0.25, 0.3) is 5.56 Å². The van der Waals surface area contributed by atoms with E-state index < -0.39 is 16.7 Å². The number of aryl methyl sites for hydroxylation is 1. The molecule has 8 heteroatoms. The van der Waals surface area contributed by atoms with Crippen LogP contribution in [0.1, 0.15) is 37.7 Å². The molecule has 188 valence electrons. The second-order valence-corrected chi connectivity index (χ2v) is 10.3.